The normalized spacial score (nSPS) is 28.6. The Morgan fingerprint density at radius 2 is 1.32 bits per heavy atom. The van der Waals surface area contributed by atoms with Crippen LogP contribution in [0.2, 0.25) is 0 Å². The molecule has 3 rings (SSSR count). The SMILES string of the molecule is CCCC1CCC(CCC2CCC(c3ccc(C)c(C(F)F)c3F)CC2)CC1. The largest absolute Gasteiger partial charge is 0.266 e. The average Bonchev–Trinajstić information content (AvgIpc) is 2.68. The van der Waals surface area contributed by atoms with E-state index in [1.807, 2.05) is 0 Å². The van der Waals surface area contributed by atoms with Gasteiger partial charge >= 0.3 is 0 Å². The first-order valence-corrected chi connectivity index (χ1v) is 11.6. The zero-order valence-corrected chi connectivity index (χ0v) is 17.7. The molecular formula is C25H37F3. The zero-order chi connectivity index (χ0) is 20.1. The maximum absolute atomic E-state index is 14.7. The molecule has 158 valence electrons. The molecule has 1 aromatic carbocycles. The average molecular weight is 395 g/mol. The Hall–Kier alpha value is -0.990. The fourth-order valence-corrected chi connectivity index (χ4v) is 5.74. The van der Waals surface area contributed by atoms with Gasteiger partial charge in [-0.2, -0.15) is 0 Å². The topological polar surface area (TPSA) is 0 Å². The molecule has 0 radical (unpaired) electrons. The molecule has 1 aromatic rings. The molecule has 0 nitrogen and oxygen atoms in total. The lowest BCUT2D eigenvalue weighted by molar-refractivity contribution is 0.145. The van der Waals surface area contributed by atoms with Gasteiger partial charge in [0.05, 0.1) is 5.56 Å². The van der Waals surface area contributed by atoms with Crippen LogP contribution in [-0.2, 0) is 0 Å². The van der Waals surface area contributed by atoms with E-state index < -0.39 is 17.8 Å². The van der Waals surface area contributed by atoms with Crippen molar-refractivity contribution in [1.82, 2.24) is 0 Å². The second kappa shape index (κ2) is 10.2. The molecule has 0 atom stereocenters. The summed E-state index contributed by atoms with van der Waals surface area (Å²) in [5.74, 6) is 2.09. The lowest BCUT2D eigenvalue weighted by Crippen LogP contribution is -2.18. The van der Waals surface area contributed by atoms with E-state index >= 15 is 0 Å². The number of alkyl halides is 2. The van der Waals surface area contributed by atoms with E-state index in [4.69, 9.17) is 0 Å². The maximum Gasteiger partial charge on any atom is 0.266 e. The number of aryl methyl sites for hydroxylation is 1. The van der Waals surface area contributed by atoms with Crippen LogP contribution in [0.1, 0.15) is 113 Å². The highest BCUT2D eigenvalue weighted by Gasteiger charge is 2.28. The van der Waals surface area contributed by atoms with Gasteiger partial charge in [-0.15, -0.1) is 0 Å². The van der Waals surface area contributed by atoms with Crippen LogP contribution in [-0.4, -0.2) is 0 Å². The van der Waals surface area contributed by atoms with Crippen molar-refractivity contribution in [2.75, 3.05) is 0 Å². The number of halogens is 3. The van der Waals surface area contributed by atoms with Gasteiger partial charge in [-0.25, -0.2) is 13.2 Å². The molecule has 0 aliphatic heterocycles. The molecule has 2 saturated carbocycles. The fraction of sp³-hybridized carbons (Fsp3) is 0.760. The summed E-state index contributed by atoms with van der Waals surface area (Å²) in [5, 5.41) is 0. The first-order valence-electron chi connectivity index (χ1n) is 11.6. The summed E-state index contributed by atoms with van der Waals surface area (Å²) >= 11 is 0. The van der Waals surface area contributed by atoms with E-state index in [0.717, 1.165) is 43.4 Å². The zero-order valence-electron chi connectivity index (χ0n) is 17.7. The molecule has 3 heteroatoms. The molecule has 0 amide bonds. The molecule has 0 heterocycles. The summed E-state index contributed by atoms with van der Waals surface area (Å²) in [6.07, 6.45) is 12.4. The number of rotatable bonds is 7. The molecule has 0 spiro atoms. The third-order valence-electron chi connectivity index (χ3n) is 7.58. The molecule has 2 fully saturated rings. The van der Waals surface area contributed by atoms with E-state index in [1.54, 1.807) is 19.1 Å². The fourth-order valence-electron chi connectivity index (χ4n) is 5.74. The van der Waals surface area contributed by atoms with Crippen LogP contribution >= 0.6 is 0 Å². The summed E-state index contributed by atoms with van der Waals surface area (Å²) in [4.78, 5) is 0. The quantitative estimate of drug-likeness (QED) is 0.433. The summed E-state index contributed by atoms with van der Waals surface area (Å²) in [6, 6.07) is 3.41. The molecular weight excluding hydrogens is 357 g/mol. The van der Waals surface area contributed by atoms with Gasteiger partial charge in [0, 0.05) is 0 Å². The second-order valence-corrected chi connectivity index (χ2v) is 9.47. The van der Waals surface area contributed by atoms with Crippen LogP contribution in [0.15, 0.2) is 12.1 Å². The van der Waals surface area contributed by atoms with Crippen molar-refractivity contribution in [2.24, 2.45) is 17.8 Å². The van der Waals surface area contributed by atoms with Crippen molar-refractivity contribution in [3.05, 3.63) is 34.6 Å². The third-order valence-corrected chi connectivity index (χ3v) is 7.58. The third kappa shape index (κ3) is 5.33. The van der Waals surface area contributed by atoms with Crippen LogP contribution in [0.4, 0.5) is 13.2 Å². The van der Waals surface area contributed by atoms with Crippen molar-refractivity contribution in [3.8, 4) is 0 Å². The predicted molar refractivity (Wildman–Crippen MR) is 110 cm³/mol. The highest BCUT2D eigenvalue weighted by Crippen LogP contribution is 2.42. The first-order chi connectivity index (χ1) is 13.5. The van der Waals surface area contributed by atoms with E-state index in [2.05, 4.69) is 6.92 Å². The van der Waals surface area contributed by atoms with Gasteiger partial charge in [0.1, 0.15) is 5.82 Å². The van der Waals surface area contributed by atoms with Gasteiger partial charge in [-0.05, 0) is 67.4 Å². The lowest BCUT2D eigenvalue weighted by atomic mass is 9.73. The van der Waals surface area contributed by atoms with Gasteiger partial charge in [-0.3, -0.25) is 0 Å². The molecule has 2 aliphatic rings. The summed E-state index contributed by atoms with van der Waals surface area (Å²) < 4.78 is 41.1. The minimum atomic E-state index is -2.73. The van der Waals surface area contributed by atoms with E-state index in [-0.39, 0.29) is 5.92 Å². The van der Waals surface area contributed by atoms with E-state index in [0.29, 0.717) is 11.1 Å². The van der Waals surface area contributed by atoms with Crippen LogP contribution < -0.4 is 0 Å². The Labute approximate surface area is 169 Å². The lowest BCUT2D eigenvalue weighted by Gasteiger charge is -2.32. The standard InChI is InChI=1S/C25H37F3/c1-3-4-18-6-8-19(9-7-18)10-11-20-12-14-21(15-13-20)22-16-5-17(2)23(24(22)26)25(27)28/h5,16,18-21,25H,3-4,6-15H2,1-2H3. The van der Waals surface area contributed by atoms with Crippen molar-refractivity contribution in [1.29, 1.82) is 0 Å². The molecule has 0 bridgehead atoms. The molecule has 0 unspecified atom stereocenters. The Balaban J connectivity index is 1.46. The molecule has 28 heavy (non-hydrogen) atoms. The van der Waals surface area contributed by atoms with Crippen LogP contribution in [0.25, 0.3) is 0 Å². The highest BCUT2D eigenvalue weighted by molar-refractivity contribution is 5.36. The number of benzene rings is 1. The predicted octanol–water partition coefficient (Wildman–Crippen LogP) is 8.73. The second-order valence-electron chi connectivity index (χ2n) is 9.47. The summed E-state index contributed by atoms with van der Waals surface area (Å²) in [7, 11) is 0. The van der Waals surface area contributed by atoms with E-state index in [1.165, 1.54) is 51.4 Å². The van der Waals surface area contributed by atoms with Crippen molar-refractivity contribution >= 4 is 0 Å². The Morgan fingerprint density at radius 3 is 1.82 bits per heavy atom. The van der Waals surface area contributed by atoms with Gasteiger partial charge < -0.3 is 0 Å². The minimum absolute atomic E-state index is 0.110. The number of hydrogen-bond acceptors (Lipinski definition) is 0. The molecule has 2 aliphatic carbocycles. The van der Waals surface area contributed by atoms with Gasteiger partial charge in [0.25, 0.3) is 6.43 Å². The Kier molecular flexibility index (Phi) is 7.88. The molecule has 0 saturated heterocycles. The molecule has 0 aromatic heterocycles. The monoisotopic (exact) mass is 394 g/mol. The van der Waals surface area contributed by atoms with E-state index in [9.17, 15) is 13.2 Å². The van der Waals surface area contributed by atoms with Crippen LogP contribution in [0, 0.1) is 30.5 Å². The van der Waals surface area contributed by atoms with Crippen LogP contribution in [0.3, 0.4) is 0 Å². The van der Waals surface area contributed by atoms with Crippen molar-refractivity contribution < 1.29 is 13.2 Å². The first kappa shape index (κ1) is 21.7. The van der Waals surface area contributed by atoms with Crippen molar-refractivity contribution in [3.63, 3.8) is 0 Å². The van der Waals surface area contributed by atoms with Gasteiger partial charge in [-0.1, -0.05) is 70.4 Å². The smallest absolute Gasteiger partial charge is 0.206 e. The van der Waals surface area contributed by atoms with Gasteiger partial charge in [0.15, 0.2) is 0 Å². The van der Waals surface area contributed by atoms with Crippen LogP contribution in [0.5, 0.6) is 0 Å². The maximum atomic E-state index is 14.7. The Morgan fingerprint density at radius 1 is 0.821 bits per heavy atom. The summed E-state index contributed by atoms with van der Waals surface area (Å²) in [6.45, 7) is 3.86. The highest BCUT2D eigenvalue weighted by atomic mass is 19.3. The number of hydrogen-bond donors (Lipinski definition) is 0. The minimum Gasteiger partial charge on any atom is -0.206 e. The molecule has 0 N–H and O–H groups in total. The Bertz CT molecular complexity index is 608. The summed E-state index contributed by atoms with van der Waals surface area (Å²) in [5.41, 5.74) is 0.491. The van der Waals surface area contributed by atoms with Crippen molar-refractivity contribution in [2.45, 2.75) is 103 Å². The van der Waals surface area contributed by atoms with Gasteiger partial charge in [0.2, 0.25) is 0 Å².